The number of hydrogen-bond donors (Lipinski definition) is 1. The maximum absolute atomic E-state index is 15.1. The summed E-state index contributed by atoms with van der Waals surface area (Å²) in [5, 5.41) is 3.09. The van der Waals surface area contributed by atoms with E-state index >= 15 is 4.39 Å². The summed E-state index contributed by atoms with van der Waals surface area (Å²) < 4.78 is 44.2. The number of nitrogens with one attached hydrogen (secondary N) is 1. The van der Waals surface area contributed by atoms with Gasteiger partial charge in [0.15, 0.2) is 0 Å². The second-order valence-corrected chi connectivity index (χ2v) is 14.5. The van der Waals surface area contributed by atoms with Gasteiger partial charge >= 0.3 is 12.1 Å². The number of benzene rings is 1. The third kappa shape index (κ3) is 9.78. The molecule has 1 saturated carbocycles. The number of carbonyl (C=O) groups is 3. The summed E-state index contributed by atoms with van der Waals surface area (Å²) in [6.07, 6.45) is 4.56. The molecule has 252 valence electrons. The molecule has 4 rings (SSSR count). The molecule has 1 spiro atoms. The number of amides is 2. The predicted molar refractivity (Wildman–Crippen MR) is 166 cm³/mol. The Hall–Kier alpha value is -2.92. The van der Waals surface area contributed by atoms with Gasteiger partial charge in [-0.2, -0.15) is 0 Å². The molecule has 1 aromatic carbocycles. The molecular formula is C34H51FN2O8. The fraction of sp³-hybridized carbons (Fsp3) is 0.735. The van der Waals surface area contributed by atoms with Crippen molar-refractivity contribution in [3.05, 3.63) is 29.6 Å². The quantitative estimate of drug-likeness (QED) is 0.260. The lowest BCUT2D eigenvalue weighted by atomic mass is 9.82. The molecule has 1 N–H and O–H groups in total. The highest BCUT2D eigenvalue weighted by molar-refractivity contribution is 5.79. The van der Waals surface area contributed by atoms with Crippen molar-refractivity contribution in [3.8, 4) is 5.75 Å². The highest BCUT2D eigenvalue weighted by atomic mass is 19.1. The van der Waals surface area contributed by atoms with E-state index in [1.54, 1.807) is 17.0 Å². The molecule has 3 fully saturated rings. The topological polar surface area (TPSA) is 113 Å². The van der Waals surface area contributed by atoms with Crippen molar-refractivity contribution in [2.24, 2.45) is 0 Å². The minimum Gasteiger partial charge on any atom is -0.493 e. The molecule has 2 atom stereocenters. The molecular weight excluding hydrogens is 583 g/mol. The van der Waals surface area contributed by atoms with Crippen LogP contribution in [0.25, 0.3) is 0 Å². The fourth-order valence-corrected chi connectivity index (χ4v) is 6.45. The molecule has 2 aliphatic heterocycles. The van der Waals surface area contributed by atoms with Crippen LogP contribution in [0.4, 0.5) is 9.18 Å². The average molecular weight is 635 g/mol. The molecule has 10 nitrogen and oxygen atoms in total. The molecule has 1 aliphatic carbocycles. The Labute approximate surface area is 266 Å². The monoisotopic (exact) mass is 634 g/mol. The van der Waals surface area contributed by atoms with E-state index < -0.39 is 28.9 Å². The maximum atomic E-state index is 15.1. The molecule has 0 radical (unpaired) electrons. The first-order valence-corrected chi connectivity index (χ1v) is 16.3. The van der Waals surface area contributed by atoms with Crippen LogP contribution in [0.5, 0.6) is 5.75 Å². The van der Waals surface area contributed by atoms with Crippen molar-refractivity contribution in [2.45, 2.75) is 128 Å². The van der Waals surface area contributed by atoms with Gasteiger partial charge in [0.25, 0.3) is 0 Å². The maximum Gasteiger partial charge on any atom is 0.410 e. The number of unbranched alkanes of at least 4 members (excludes halogenated alkanes) is 1. The van der Waals surface area contributed by atoms with Gasteiger partial charge in [0.1, 0.15) is 29.4 Å². The molecule has 3 aliphatic rings. The van der Waals surface area contributed by atoms with Crippen LogP contribution >= 0.6 is 0 Å². The zero-order valence-electron chi connectivity index (χ0n) is 27.7. The summed E-state index contributed by atoms with van der Waals surface area (Å²) in [4.78, 5) is 39.0. The molecule has 2 amide bonds. The van der Waals surface area contributed by atoms with E-state index in [1.807, 2.05) is 41.5 Å². The highest BCUT2D eigenvalue weighted by Crippen LogP contribution is 2.40. The van der Waals surface area contributed by atoms with Crippen molar-refractivity contribution in [2.75, 3.05) is 33.0 Å². The van der Waals surface area contributed by atoms with Gasteiger partial charge in [0, 0.05) is 18.5 Å². The SMILES string of the molecule is CC(C)(C)OC(=O)CCCCOc1cccc(F)c1C1CCC(OCC2N(C(=O)OC(C)(C)C)CCC23COCC(=O)N3)CC1. The number of likely N-dealkylation sites (tertiary alicyclic amines) is 1. The van der Waals surface area contributed by atoms with Crippen LogP contribution in [0.15, 0.2) is 18.2 Å². The van der Waals surface area contributed by atoms with Crippen LogP contribution in [-0.2, 0) is 28.5 Å². The first-order chi connectivity index (χ1) is 21.2. The van der Waals surface area contributed by atoms with Crippen LogP contribution < -0.4 is 10.1 Å². The van der Waals surface area contributed by atoms with Gasteiger partial charge in [-0.3, -0.25) is 9.59 Å². The van der Waals surface area contributed by atoms with Crippen LogP contribution in [-0.4, -0.2) is 84.7 Å². The van der Waals surface area contributed by atoms with E-state index in [2.05, 4.69) is 5.32 Å². The molecule has 2 heterocycles. The minimum absolute atomic E-state index is 0.000389. The lowest BCUT2D eigenvalue weighted by Gasteiger charge is -2.41. The van der Waals surface area contributed by atoms with Gasteiger partial charge < -0.3 is 33.9 Å². The number of morpholine rings is 1. The van der Waals surface area contributed by atoms with Crippen LogP contribution in [0.2, 0.25) is 0 Å². The average Bonchev–Trinajstić information content (AvgIpc) is 3.27. The third-order valence-corrected chi connectivity index (χ3v) is 8.46. The van der Waals surface area contributed by atoms with Crippen LogP contribution in [0.1, 0.15) is 104 Å². The van der Waals surface area contributed by atoms with Crippen molar-refractivity contribution in [1.29, 1.82) is 0 Å². The zero-order chi connectivity index (χ0) is 32.8. The summed E-state index contributed by atoms with van der Waals surface area (Å²) in [5.41, 5.74) is -1.29. The Kier molecular flexibility index (Phi) is 11.4. The lowest BCUT2D eigenvalue weighted by Crippen LogP contribution is -2.65. The van der Waals surface area contributed by atoms with Gasteiger partial charge in [-0.05, 0) is 105 Å². The summed E-state index contributed by atoms with van der Waals surface area (Å²) in [7, 11) is 0. The largest absolute Gasteiger partial charge is 0.493 e. The summed E-state index contributed by atoms with van der Waals surface area (Å²) in [6.45, 7) is 12.4. The van der Waals surface area contributed by atoms with Crippen molar-refractivity contribution in [1.82, 2.24) is 10.2 Å². The van der Waals surface area contributed by atoms with Gasteiger partial charge in [-0.25, -0.2) is 9.18 Å². The third-order valence-electron chi connectivity index (χ3n) is 8.46. The summed E-state index contributed by atoms with van der Waals surface area (Å²) in [6, 6.07) is 4.50. The standard InChI is InChI=1S/C34H51FN2O8/c1-32(2,3)44-29(39)12-7-8-19-42-26-11-9-10-25(35)30(26)23-13-15-24(16-14-23)43-20-27-34(22-41-21-28(38)36-34)17-18-37(27)31(40)45-33(4,5)6/h9-11,23-24,27H,7-8,12-22H2,1-6H3,(H,36,38). The van der Waals surface area contributed by atoms with E-state index in [1.165, 1.54) is 6.07 Å². The second kappa shape index (κ2) is 14.7. The number of halogens is 1. The molecule has 0 aromatic heterocycles. The Bertz CT molecular complexity index is 1190. The van der Waals surface area contributed by atoms with Crippen molar-refractivity contribution in [3.63, 3.8) is 0 Å². The summed E-state index contributed by atoms with van der Waals surface area (Å²) >= 11 is 0. The molecule has 45 heavy (non-hydrogen) atoms. The van der Waals surface area contributed by atoms with E-state index in [0.717, 1.165) is 25.7 Å². The predicted octanol–water partition coefficient (Wildman–Crippen LogP) is 5.65. The van der Waals surface area contributed by atoms with Gasteiger partial charge in [0.2, 0.25) is 5.91 Å². The molecule has 1 aromatic rings. The number of nitrogens with zero attached hydrogens (tertiary/aromatic N) is 1. The van der Waals surface area contributed by atoms with Crippen LogP contribution in [0, 0.1) is 5.82 Å². The molecule has 2 saturated heterocycles. The molecule has 2 unspecified atom stereocenters. The highest BCUT2D eigenvalue weighted by Gasteiger charge is 2.53. The first-order valence-electron chi connectivity index (χ1n) is 16.3. The van der Waals surface area contributed by atoms with Gasteiger partial charge in [-0.15, -0.1) is 0 Å². The number of esters is 1. The van der Waals surface area contributed by atoms with E-state index in [-0.39, 0.29) is 42.9 Å². The van der Waals surface area contributed by atoms with Crippen molar-refractivity contribution < 1.29 is 42.5 Å². The summed E-state index contributed by atoms with van der Waals surface area (Å²) in [5.74, 6) is -0.177. The van der Waals surface area contributed by atoms with Gasteiger partial charge in [0.05, 0.1) is 37.5 Å². The zero-order valence-corrected chi connectivity index (χ0v) is 27.7. The fourth-order valence-electron chi connectivity index (χ4n) is 6.45. The normalized spacial score (nSPS) is 25.6. The van der Waals surface area contributed by atoms with Crippen LogP contribution in [0.3, 0.4) is 0 Å². The Morgan fingerprint density at radius 1 is 1.04 bits per heavy atom. The smallest absolute Gasteiger partial charge is 0.410 e. The first kappa shape index (κ1) is 34.9. The van der Waals surface area contributed by atoms with E-state index in [0.29, 0.717) is 56.8 Å². The van der Waals surface area contributed by atoms with E-state index in [9.17, 15) is 14.4 Å². The minimum atomic E-state index is -0.726. The number of ether oxygens (including phenoxy) is 5. The molecule has 0 bridgehead atoms. The number of carbonyl (C=O) groups excluding carboxylic acids is 3. The van der Waals surface area contributed by atoms with Gasteiger partial charge in [-0.1, -0.05) is 6.07 Å². The Morgan fingerprint density at radius 3 is 2.42 bits per heavy atom. The second-order valence-electron chi connectivity index (χ2n) is 14.5. The van der Waals surface area contributed by atoms with E-state index in [4.69, 9.17) is 23.7 Å². The van der Waals surface area contributed by atoms with Crippen molar-refractivity contribution >= 4 is 18.0 Å². The number of rotatable bonds is 10. The molecule has 11 heteroatoms. The lowest BCUT2D eigenvalue weighted by molar-refractivity contribution is -0.155. The Balaban J connectivity index is 1.31. The Morgan fingerprint density at radius 2 is 1.76 bits per heavy atom. The number of hydrogen-bond acceptors (Lipinski definition) is 8.